The summed E-state index contributed by atoms with van der Waals surface area (Å²) in [6.45, 7) is 4.19. The highest BCUT2D eigenvalue weighted by Crippen LogP contribution is 2.12. The molecule has 2 rings (SSSR count). The van der Waals surface area contributed by atoms with E-state index in [0.29, 0.717) is 26.1 Å². The monoisotopic (exact) mass is 464 g/mol. The molecule has 2 heterocycles. The topological polar surface area (TPSA) is 93.2 Å². The largest absolute Gasteiger partial charge is 0.465 e. The Labute approximate surface area is 197 Å². The van der Waals surface area contributed by atoms with Gasteiger partial charge in [0.05, 0.1) is 19.6 Å². The van der Waals surface area contributed by atoms with Crippen LogP contribution in [0.2, 0.25) is 0 Å². The molecule has 33 heavy (non-hydrogen) atoms. The van der Waals surface area contributed by atoms with Gasteiger partial charge in [-0.1, -0.05) is 18.9 Å². The summed E-state index contributed by atoms with van der Waals surface area (Å²) < 4.78 is 10.3. The van der Waals surface area contributed by atoms with Crippen LogP contribution in [0.15, 0.2) is 12.2 Å². The molecule has 0 radical (unpaired) electrons. The molecule has 0 aromatic rings. The second-order valence-electron chi connectivity index (χ2n) is 8.79. The highest BCUT2D eigenvalue weighted by atomic mass is 16.5. The van der Waals surface area contributed by atoms with Gasteiger partial charge in [-0.25, -0.2) is 4.79 Å². The minimum Gasteiger partial charge on any atom is -0.465 e. The van der Waals surface area contributed by atoms with Gasteiger partial charge in [0.2, 0.25) is 11.8 Å². The Bertz CT molecular complexity index is 663. The van der Waals surface area contributed by atoms with E-state index < -0.39 is 5.97 Å². The maximum absolute atomic E-state index is 11.7. The van der Waals surface area contributed by atoms with Gasteiger partial charge in [0.25, 0.3) is 0 Å². The highest BCUT2D eigenvalue weighted by Gasteiger charge is 2.19. The Balaban J connectivity index is 1.35. The number of esters is 2. The van der Waals surface area contributed by atoms with E-state index in [1.807, 2.05) is 9.80 Å². The first-order chi connectivity index (χ1) is 16.1. The van der Waals surface area contributed by atoms with Crippen molar-refractivity contribution in [1.82, 2.24) is 9.80 Å². The molecular weight excluding hydrogens is 424 g/mol. The molecule has 0 aromatic heterocycles. The van der Waals surface area contributed by atoms with Crippen molar-refractivity contribution in [2.75, 3.05) is 39.4 Å². The van der Waals surface area contributed by atoms with Gasteiger partial charge in [0.1, 0.15) is 0 Å². The molecule has 0 unspecified atom stereocenters. The predicted molar refractivity (Wildman–Crippen MR) is 124 cm³/mol. The fourth-order valence-electron chi connectivity index (χ4n) is 4.11. The lowest BCUT2D eigenvalue weighted by molar-refractivity contribution is -0.142. The smallest absolute Gasteiger partial charge is 0.330 e. The van der Waals surface area contributed by atoms with E-state index in [2.05, 4.69) is 0 Å². The van der Waals surface area contributed by atoms with E-state index in [1.54, 1.807) is 0 Å². The molecule has 2 saturated heterocycles. The molecule has 2 fully saturated rings. The minimum absolute atomic E-state index is 0.0569. The molecule has 8 heteroatoms. The number of carbonyl (C=O) groups excluding carboxylic acids is 4. The molecule has 0 saturated carbocycles. The standard InChI is InChI=1S/C25H40N2O6/c28-22-12-10-18-26(22)16-5-1-3-7-20-32-24(30)14-9-15-25(31)33-21-8-4-2-6-17-27-19-11-13-23(27)29/h9,14H,1-8,10-13,15-21H2/b14-9-. The molecule has 0 aliphatic carbocycles. The van der Waals surface area contributed by atoms with Crippen molar-refractivity contribution in [2.45, 2.75) is 83.5 Å². The molecule has 2 amide bonds. The van der Waals surface area contributed by atoms with Crippen LogP contribution in [-0.2, 0) is 28.7 Å². The predicted octanol–water partition coefficient (Wildman–Crippen LogP) is 3.38. The van der Waals surface area contributed by atoms with Gasteiger partial charge >= 0.3 is 11.9 Å². The first kappa shape index (κ1) is 26.9. The van der Waals surface area contributed by atoms with Crippen LogP contribution in [0.3, 0.4) is 0 Å². The van der Waals surface area contributed by atoms with Gasteiger partial charge in [-0.3, -0.25) is 14.4 Å². The third kappa shape index (κ3) is 11.9. The lowest BCUT2D eigenvalue weighted by atomic mass is 10.2. The zero-order valence-corrected chi connectivity index (χ0v) is 19.9. The second-order valence-corrected chi connectivity index (χ2v) is 8.79. The lowest BCUT2D eigenvalue weighted by Crippen LogP contribution is -2.25. The number of nitrogens with zero attached hydrogens (tertiary/aromatic N) is 2. The van der Waals surface area contributed by atoms with E-state index >= 15 is 0 Å². The van der Waals surface area contributed by atoms with Crippen molar-refractivity contribution in [3.05, 3.63) is 12.2 Å². The SMILES string of the molecule is O=C(/C=C\CC(=O)OCCCCCCN1CCCC1=O)OCCCCCCN1CCCC1=O. The molecule has 186 valence electrons. The van der Waals surface area contributed by atoms with Gasteiger partial charge in [0.15, 0.2) is 0 Å². The summed E-state index contributed by atoms with van der Waals surface area (Å²) in [6.07, 6.45) is 13.7. The van der Waals surface area contributed by atoms with E-state index in [9.17, 15) is 19.2 Å². The van der Waals surface area contributed by atoms with Crippen LogP contribution in [0.4, 0.5) is 0 Å². The summed E-state index contributed by atoms with van der Waals surface area (Å²) in [7, 11) is 0. The van der Waals surface area contributed by atoms with Gasteiger partial charge in [-0.05, 0) is 51.4 Å². The lowest BCUT2D eigenvalue weighted by Gasteiger charge is -2.14. The van der Waals surface area contributed by atoms with E-state index in [1.165, 1.54) is 12.2 Å². The first-order valence-corrected chi connectivity index (χ1v) is 12.6. The number of unbranched alkanes of at least 4 members (excludes halogenated alkanes) is 6. The Kier molecular flexibility index (Phi) is 13.2. The summed E-state index contributed by atoms with van der Waals surface area (Å²) in [4.78, 5) is 50.3. The summed E-state index contributed by atoms with van der Waals surface area (Å²) in [5, 5.41) is 0. The van der Waals surface area contributed by atoms with Gasteiger partial charge in [0, 0.05) is 45.1 Å². The van der Waals surface area contributed by atoms with E-state index in [-0.39, 0.29) is 24.2 Å². The van der Waals surface area contributed by atoms with Crippen LogP contribution in [0.25, 0.3) is 0 Å². The van der Waals surface area contributed by atoms with Crippen LogP contribution in [0, 0.1) is 0 Å². The van der Waals surface area contributed by atoms with Gasteiger partial charge < -0.3 is 19.3 Å². The van der Waals surface area contributed by atoms with Crippen LogP contribution >= 0.6 is 0 Å². The Morgan fingerprint density at radius 3 is 1.76 bits per heavy atom. The summed E-state index contributed by atoms with van der Waals surface area (Å²) in [6, 6.07) is 0. The third-order valence-corrected chi connectivity index (χ3v) is 6.03. The fraction of sp³-hybridized carbons (Fsp3) is 0.760. The van der Waals surface area contributed by atoms with Crippen molar-refractivity contribution in [3.8, 4) is 0 Å². The molecular formula is C25H40N2O6. The summed E-state index contributed by atoms with van der Waals surface area (Å²) >= 11 is 0. The van der Waals surface area contributed by atoms with Crippen LogP contribution in [-0.4, -0.2) is 72.9 Å². The highest BCUT2D eigenvalue weighted by molar-refractivity contribution is 5.83. The maximum Gasteiger partial charge on any atom is 0.330 e. The van der Waals surface area contributed by atoms with Crippen LogP contribution in [0.5, 0.6) is 0 Å². The number of amides is 2. The fourth-order valence-corrected chi connectivity index (χ4v) is 4.11. The molecule has 0 spiro atoms. The van der Waals surface area contributed by atoms with Crippen molar-refractivity contribution in [2.24, 2.45) is 0 Å². The molecule has 8 nitrogen and oxygen atoms in total. The quantitative estimate of drug-likeness (QED) is 0.186. The second kappa shape index (κ2) is 16.3. The Hall–Kier alpha value is -2.38. The van der Waals surface area contributed by atoms with Crippen molar-refractivity contribution in [1.29, 1.82) is 0 Å². The number of carbonyl (C=O) groups is 4. The molecule has 2 aliphatic heterocycles. The van der Waals surface area contributed by atoms with E-state index in [0.717, 1.165) is 90.4 Å². The Morgan fingerprint density at radius 2 is 1.24 bits per heavy atom. The molecule has 0 aromatic carbocycles. The van der Waals surface area contributed by atoms with Crippen LogP contribution < -0.4 is 0 Å². The van der Waals surface area contributed by atoms with Crippen molar-refractivity contribution >= 4 is 23.8 Å². The molecule has 2 aliphatic rings. The summed E-state index contributed by atoms with van der Waals surface area (Å²) in [5.74, 6) is -0.258. The average Bonchev–Trinajstić information content (AvgIpc) is 3.40. The number of ether oxygens (including phenoxy) is 2. The average molecular weight is 465 g/mol. The number of hydrogen-bond donors (Lipinski definition) is 0. The normalized spacial score (nSPS) is 16.2. The van der Waals surface area contributed by atoms with Gasteiger partial charge in [-0.15, -0.1) is 0 Å². The number of rotatable bonds is 17. The van der Waals surface area contributed by atoms with Crippen molar-refractivity contribution < 1.29 is 28.7 Å². The maximum atomic E-state index is 11.7. The van der Waals surface area contributed by atoms with E-state index in [4.69, 9.17) is 9.47 Å². The number of likely N-dealkylation sites (tertiary alicyclic amines) is 2. The van der Waals surface area contributed by atoms with Crippen LogP contribution in [0.1, 0.15) is 83.5 Å². The first-order valence-electron chi connectivity index (χ1n) is 12.6. The molecule has 0 bridgehead atoms. The molecule has 0 atom stereocenters. The third-order valence-electron chi connectivity index (χ3n) is 6.03. The summed E-state index contributed by atoms with van der Waals surface area (Å²) in [5.41, 5.74) is 0. The Morgan fingerprint density at radius 1 is 0.727 bits per heavy atom. The van der Waals surface area contributed by atoms with Crippen molar-refractivity contribution in [3.63, 3.8) is 0 Å². The number of hydrogen-bond acceptors (Lipinski definition) is 6. The minimum atomic E-state index is -0.443. The van der Waals surface area contributed by atoms with Gasteiger partial charge in [-0.2, -0.15) is 0 Å². The zero-order valence-electron chi connectivity index (χ0n) is 19.9. The zero-order chi connectivity index (χ0) is 23.7. The molecule has 0 N–H and O–H groups in total.